The first-order valence-electron chi connectivity index (χ1n) is 22.1. The predicted molar refractivity (Wildman–Crippen MR) is 271 cm³/mol. The van der Waals surface area contributed by atoms with E-state index in [0.717, 1.165) is 61.5 Å². The monoisotopic (exact) mass is 835 g/mol. The lowest BCUT2D eigenvalue weighted by Gasteiger charge is -2.25. The summed E-state index contributed by atoms with van der Waals surface area (Å²) in [6.07, 6.45) is 0. The van der Waals surface area contributed by atoms with Crippen LogP contribution < -0.4 is 4.90 Å². The Bertz CT molecular complexity index is 3420. The summed E-state index contributed by atoms with van der Waals surface area (Å²) in [6, 6.07) is 77.7. The molecule has 0 spiro atoms. The molecule has 11 aromatic rings. The summed E-state index contributed by atoms with van der Waals surface area (Å²) in [6.45, 7) is 4.18. The third kappa shape index (κ3) is 7.53. The van der Waals surface area contributed by atoms with Crippen molar-refractivity contribution in [3.05, 3.63) is 230 Å². The molecule has 9 aromatic carbocycles. The summed E-state index contributed by atoms with van der Waals surface area (Å²) in [5.41, 5.74) is 17.9. The van der Waals surface area contributed by atoms with Gasteiger partial charge in [-0.15, -0.1) is 0 Å². The fourth-order valence-corrected chi connectivity index (χ4v) is 8.99. The molecule has 0 amide bonds. The summed E-state index contributed by atoms with van der Waals surface area (Å²) in [4.78, 5) is 17.3. The van der Waals surface area contributed by atoms with Gasteiger partial charge in [0.05, 0.1) is 11.0 Å². The molecule has 5 nitrogen and oxygen atoms in total. The Kier molecular flexibility index (Phi) is 10.1. The van der Waals surface area contributed by atoms with Gasteiger partial charge in [-0.05, 0) is 96.3 Å². The van der Waals surface area contributed by atoms with Gasteiger partial charge in [0, 0.05) is 57.1 Å². The standard InChI is InChI=1S/C60H45N5/c1-40-24-28-44(29-25-40)58-61-59(45-30-26-41(2)27-31-45)63-60(62-58)48-17-12-16-46(38-48)47-34-37-55-53(39-47)52-20-10-11-22-54(52)65(55)50-35-32-42(33-36-50)51-21-13-23-56(57(51)43-14-6-4-7-15-43)64(3)49-18-8-5-9-19-49/h4-39H,1-3H3. The van der Waals surface area contributed by atoms with Gasteiger partial charge in [-0.25, -0.2) is 15.0 Å². The van der Waals surface area contributed by atoms with Gasteiger partial charge in [0.1, 0.15) is 0 Å². The van der Waals surface area contributed by atoms with Crippen molar-refractivity contribution in [1.82, 2.24) is 19.5 Å². The number of anilines is 2. The molecule has 0 saturated heterocycles. The average Bonchev–Trinajstić information content (AvgIpc) is 3.70. The van der Waals surface area contributed by atoms with Crippen molar-refractivity contribution >= 4 is 33.2 Å². The van der Waals surface area contributed by atoms with Crippen LogP contribution in [0.3, 0.4) is 0 Å². The minimum absolute atomic E-state index is 0.639. The summed E-state index contributed by atoms with van der Waals surface area (Å²) >= 11 is 0. The van der Waals surface area contributed by atoms with E-state index in [1.807, 2.05) is 0 Å². The van der Waals surface area contributed by atoms with Gasteiger partial charge in [0.2, 0.25) is 0 Å². The van der Waals surface area contributed by atoms with Crippen LogP contribution in [0.4, 0.5) is 11.4 Å². The molecule has 0 fully saturated rings. The Labute approximate surface area is 379 Å². The molecule has 2 heterocycles. The van der Waals surface area contributed by atoms with E-state index in [9.17, 15) is 0 Å². The van der Waals surface area contributed by atoms with Gasteiger partial charge in [-0.2, -0.15) is 0 Å². The van der Waals surface area contributed by atoms with Crippen LogP contribution in [-0.4, -0.2) is 26.6 Å². The number of aromatic nitrogens is 4. The van der Waals surface area contributed by atoms with Crippen molar-refractivity contribution < 1.29 is 0 Å². The van der Waals surface area contributed by atoms with Crippen LogP contribution in [0.25, 0.3) is 95.0 Å². The van der Waals surface area contributed by atoms with Crippen LogP contribution in [0, 0.1) is 13.8 Å². The van der Waals surface area contributed by atoms with Gasteiger partial charge < -0.3 is 9.47 Å². The molecule has 310 valence electrons. The SMILES string of the molecule is Cc1ccc(-c2nc(-c3ccc(C)cc3)nc(-c3cccc(-c4ccc5c(c4)c4ccccc4n5-c4ccc(-c5cccc(N(C)c6ccccc6)c5-c5ccccc5)cc4)c3)n2)cc1. The number of rotatable bonds is 9. The van der Waals surface area contributed by atoms with E-state index in [2.05, 4.69) is 249 Å². The maximum atomic E-state index is 5.05. The summed E-state index contributed by atoms with van der Waals surface area (Å²) in [5.74, 6) is 1.94. The number of fused-ring (bicyclic) bond motifs is 3. The van der Waals surface area contributed by atoms with Crippen LogP contribution >= 0.6 is 0 Å². The molecule has 0 atom stereocenters. The highest BCUT2D eigenvalue weighted by Crippen LogP contribution is 2.42. The second-order valence-corrected chi connectivity index (χ2v) is 16.7. The maximum Gasteiger partial charge on any atom is 0.164 e. The molecular weight excluding hydrogens is 791 g/mol. The molecule has 0 unspecified atom stereocenters. The lowest BCUT2D eigenvalue weighted by Crippen LogP contribution is -2.11. The van der Waals surface area contributed by atoms with Gasteiger partial charge in [-0.1, -0.05) is 175 Å². The predicted octanol–water partition coefficient (Wildman–Crippen LogP) is 15.4. The molecule has 0 aliphatic carbocycles. The Morgan fingerprint density at radius 3 is 1.55 bits per heavy atom. The Balaban J connectivity index is 0.975. The Morgan fingerprint density at radius 2 is 0.877 bits per heavy atom. The molecule has 0 aliphatic heterocycles. The first kappa shape index (κ1) is 39.4. The molecule has 0 N–H and O–H groups in total. The summed E-state index contributed by atoms with van der Waals surface area (Å²) in [7, 11) is 2.15. The molecule has 11 rings (SSSR count). The fraction of sp³-hybridized carbons (Fsp3) is 0.0500. The van der Waals surface area contributed by atoms with Gasteiger partial charge in [0.15, 0.2) is 17.5 Å². The van der Waals surface area contributed by atoms with Gasteiger partial charge in [-0.3, -0.25) is 0 Å². The van der Waals surface area contributed by atoms with Crippen LogP contribution in [0.15, 0.2) is 218 Å². The summed E-state index contributed by atoms with van der Waals surface area (Å²) in [5, 5.41) is 2.40. The molecular formula is C60H45N5. The van der Waals surface area contributed by atoms with Crippen molar-refractivity contribution in [1.29, 1.82) is 0 Å². The van der Waals surface area contributed by atoms with Crippen molar-refractivity contribution in [3.8, 4) is 73.2 Å². The van der Waals surface area contributed by atoms with Crippen LogP contribution in [0.2, 0.25) is 0 Å². The quantitative estimate of drug-likeness (QED) is 0.145. The number of aryl methyl sites for hydroxylation is 2. The average molecular weight is 836 g/mol. The third-order valence-electron chi connectivity index (χ3n) is 12.4. The zero-order valence-electron chi connectivity index (χ0n) is 36.5. The Morgan fingerprint density at radius 1 is 0.369 bits per heavy atom. The zero-order valence-corrected chi connectivity index (χ0v) is 36.5. The number of hydrogen-bond acceptors (Lipinski definition) is 4. The first-order chi connectivity index (χ1) is 31.9. The van der Waals surface area contributed by atoms with Crippen LogP contribution in [0.1, 0.15) is 11.1 Å². The highest BCUT2D eigenvalue weighted by Gasteiger charge is 2.19. The highest BCUT2D eigenvalue weighted by molar-refractivity contribution is 6.10. The number of para-hydroxylation sites is 2. The smallest absolute Gasteiger partial charge is 0.164 e. The van der Waals surface area contributed by atoms with Crippen molar-refractivity contribution in [2.45, 2.75) is 13.8 Å². The van der Waals surface area contributed by atoms with Crippen molar-refractivity contribution in [3.63, 3.8) is 0 Å². The molecule has 0 saturated carbocycles. The third-order valence-corrected chi connectivity index (χ3v) is 12.4. The topological polar surface area (TPSA) is 46.8 Å². The van der Waals surface area contributed by atoms with Crippen molar-refractivity contribution in [2.75, 3.05) is 11.9 Å². The van der Waals surface area contributed by atoms with Crippen LogP contribution in [0.5, 0.6) is 0 Å². The molecule has 0 radical (unpaired) electrons. The van der Waals surface area contributed by atoms with E-state index in [-0.39, 0.29) is 0 Å². The minimum Gasteiger partial charge on any atom is -0.344 e. The molecule has 0 aliphatic rings. The lowest BCUT2D eigenvalue weighted by atomic mass is 9.92. The maximum absolute atomic E-state index is 5.05. The fourth-order valence-electron chi connectivity index (χ4n) is 8.99. The van der Waals surface area contributed by atoms with E-state index in [1.54, 1.807) is 0 Å². The van der Waals surface area contributed by atoms with Crippen molar-refractivity contribution in [2.24, 2.45) is 0 Å². The van der Waals surface area contributed by atoms with E-state index in [1.165, 1.54) is 38.6 Å². The number of benzene rings is 9. The highest BCUT2D eigenvalue weighted by atomic mass is 15.1. The second-order valence-electron chi connectivity index (χ2n) is 16.7. The van der Waals surface area contributed by atoms with Crippen LogP contribution in [-0.2, 0) is 0 Å². The van der Waals surface area contributed by atoms with Gasteiger partial charge >= 0.3 is 0 Å². The number of hydrogen-bond donors (Lipinski definition) is 0. The Hall–Kier alpha value is -8.41. The van der Waals surface area contributed by atoms with E-state index >= 15 is 0 Å². The normalized spacial score (nSPS) is 11.3. The second kappa shape index (κ2) is 16.7. The first-order valence-corrected chi connectivity index (χ1v) is 22.1. The molecule has 2 aromatic heterocycles. The minimum atomic E-state index is 0.639. The largest absolute Gasteiger partial charge is 0.344 e. The lowest BCUT2D eigenvalue weighted by molar-refractivity contribution is 1.07. The number of nitrogens with zero attached hydrogens (tertiary/aromatic N) is 5. The van der Waals surface area contributed by atoms with E-state index in [0.29, 0.717) is 17.5 Å². The van der Waals surface area contributed by atoms with E-state index in [4.69, 9.17) is 15.0 Å². The molecule has 65 heavy (non-hydrogen) atoms. The molecule has 5 heteroatoms. The van der Waals surface area contributed by atoms with Gasteiger partial charge in [0.25, 0.3) is 0 Å². The molecule has 0 bridgehead atoms. The summed E-state index contributed by atoms with van der Waals surface area (Å²) < 4.78 is 2.39. The van der Waals surface area contributed by atoms with E-state index < -0.39 is 0 Å². The zero-order chi connectivity index (χ0) is 43.9.